The summed E-state index contributed by atoms with van der Waals surface area (Å²) < 4.78 is 49.9. The smallest absolute Gasteiger partial charge is 0.416 e. The summed E-state index contributed by atoms with van der Waals surface area (Å²) in [5, 5.41) is 3.26. The topological polar surface area (TPSA) is 50.8 Å². The van der Waals surface area contributed by atoms with Gasteiger partial charge in [-0.05, 0) is 36.1 Å². The van der Waals surface area contributed by atoms with Crippen LogP contribution in [0.15, 0.2) is 30.0 Å². The second-order valence-electron chi connectivity index (χ2n) is 7.17. The van der Waals surface area contributed by atoms with Gasteiger partial charge in [0.05, 0.1) is 32.0 Å². The molecule has 3 rings (SSSR count). The molecule has 0 saturated carbocycles. The van der Waals surface area contributed by atoms with Crippen molar-refractivity contribution in [3.63, 3.8) is 0 Å². The van der Waals surface area contributed by atoms with Crippen LogP contribution in [0.5, 0.6) is 0 Å². The lowest BCUT2D eigenvalue weighted by atomic mass is 9.90. The van der Waals surface area contributed by atoms with E-state index in [0.29, 0.717) is 44.7 Å². The van der Waals surface area contributed by atoms with Gasteiger partial charge in [0.2, 0.25) is 0 Å². The summed E-state index contributed by atoms with van der Waals surface area (Å²) in [6, 6.07) is 3.95. The van der Waals surface area contributed by atoms with Crippen LogP contribution < -0.4 is 10.2 Å². The molecule has 2 aliphatic rings. The van der Waals surface area contributed by atoms with E-state index in [-0.39, 0.29) is 17.8 Å². The molecule has 2 aliphatic heterocycles. The summed E-state index contributed by atoms with van der Waals surface area (Å²) in [4.78, 5) is 13.7. The van der Waals surface area contributed by atoms with Crippen molar-refractivity contribution in [2.24, 2.45) is 5.92 Å². The number of hydrogen-bond acceptors (Lipinski definition) is 5. The van der Waals surface area contributed by atoms with Crippen molar-refractivity contribution in [3.8, 4) is 0 Å². The number of ether oxygens (including phenoxy) is 2. The van der Waals surface area contributed by atoms with Crippen LogP contribution in [0.4, 0.5) is 18.9 Å². The summed E-state index contributed by atoms with van der Waals surface area (Å²) in [5.74, 6) is -0.502. The van der Waals surface area contributed by atoms with Crippen molar-refractivity contribution in [2.75, 3.05) is 45.3 Å². The first-order valence-corrected chi connectivity index (χ1v) is 9.31. The molecule has 1 N–H and O–H groups in total. The molecule has 1 aromatic rings. The number of nitrogens with one attached hydrogen (secondary N) is 1. The number of esters is 1. The van der Waals surface area contributed by atoms with Gasteiger partial charge in [-0.3, -0.25) is 4.79 Å². The van der Waals surface area contributed by atoms with Gasteiger partial charge in [-0.2, -0.15) is 13.2 Å². The second-order valence-corrected chi connectivity index (χ2v) is 7.17. The maximum atomic E-state index is 13.3. The van der Waals surface area contributed by atoms with Gasteiger partial charge in [0.1, 0.15) is 0 Å². The molecule has 2 saturated heterocycles. The Bertz CT molecular complexity index is 741. The number of alkyl halides is 3. The van der Waals surface area contributed by atoms with Gasteiger partial charge < -0.3 is 19.7 Å². The van der Waals surface area contributed by atoms with E-state index >= 15 is 0 Å². The Labute approximate surface area is 162 Å². The first-order chi connectivity index (χ1) is 13.3. The quantitative estimate of drug-likeness (QED) is 0.623. The molecule has 0 radical (unpaired) electrons. The van der Waals surface area contributed by atoms with Gasteiger partial charge in [-0.1, -0.05) is 6.07 Å². The van der Waals surface area contributed by atoms with Crippen LogP contribution in [0.1, 0.15) is 29.9 Å². The standard InChI is InChI=1S/C20H25F3N2O3/c1-27-12-14-10-24-11-17(14)16-4-3-15(20(21,22)23)9-18(16)25-7-5-13(6-8-25)19(26)28-2/h3-4,9,12-13,17,24H,5-8,10-11H2,1-2H3/b14-12+. The number of carbonyl (C=O) groups is 1. The first kappa shape index (κ1) is 20.5. The van der Waals surface area contributed by atoms with Gasteiger partial charge in [-0.15, -0.1) is 0 Å². The summed E-state index contributed by atoms with van der Waals surface area (Å²) in [6.07, 6.45) is -1.62. The Balaban J connectivity index is 1.93. The average Bonchev–Trinajstić information content (AvgIpc) is 3.14. The lowest BCUT2D eigenvalue weighted by Crippen LogP contribution is -2.37. The Morgan fingerprint density at radius 1 is 1.25 bits per heavy atom. The van der Waals surface area contributed by atoms with Crippen molar-refractivity contribution in [3.05, 3.63) is 41.2 Å². The van der Waals surface area contributed by atoms with Gasteiger partial charge in [-0.25, -0.2) is 0 Å². The SMILES string of the molecule is CO/C=C1\CNCC1c1ccc(C(F)(F)F)cc1N1CCC(C(=O)OC)CC1. The summed E-state index contributed by atoms with van der Waals surface area (Å²) in [5.41, 5.74) is 1.77. The van der Waals surface area contributed by atoms with Crippen LogP contribution in [0, 0.1) is 5.92 Å². The van der Waals surface area contributed by atoms with E-state index in [1.54, 1.807) is 19.4 Å². The van der Waals surface area contributed by atoms with E-state index in [2.05, 4.69) is 5.32 Å². The number of carbonyl (C=O) groups excluding carboxylic acids is 1. The van der Waals surface area contributed by atoms with Crippen molar-refractivity contribution < 1.29 is 27.4 Å². The number of methoxy groups -OCH3 is 2. The molecule has 1 atom stereocenters. The fourth-order valence-corrected chi connectivity index (χ4v) is 4.01. The Morgan fingerprint density at radius 3 is 2.57 bits per heavy atom. The van der Waals surface area contributed by atoms with Crippen LogP contribution in [0.25, 0.3) is 0 Å². The number of benzene rings is 1. The highest BCUT2D eigenvalue weighted by Gasteiger charge is 2.35. The molecule has 2 heterocycles. The normalized spacial score (nSPS) is 22.5. The first-order valence-electron chi connectivity index (χ1n) is 9.31. The highest BCUT2D eigenvalue weighted by Crippen LogP contribution is 2.40. The van der Waals surface area contributed by atoms with Crippen molar-refractivity contribution in [2.45, 2.75) is 24.9 Å². The van der Waals surface area contributed by atoms with Crippen LogP contribution in [0.3, 0.4) is 0 Å². The third-order valence-electron chi connectivity index (χ3n) is 5.50. The third-order valence-corrected chi connectivity index (χ3v) is 5.50. The van der Waals surface area contributed by atoms with Crippen molar-refractivity contribution >= 4 is 11.7 Å². The van der Waals surface area contributed by atoms with E-state index in [1.165, 1.54) is 13.2 Å². The van der Waals surface area contributed by atoms with Crippen LogP contribution in [0.2, 0.25) is 0 Å². The molecule has 2 fully saturated rings. The third kappa shape index (κ3) is 4.27. The zero-order valence-corrected chi connectivity index (χ0v) is 16.0. The van der Waals surface area contributed by atoms with E-state index in [9.17, 15) is 18.0 Å². The van der Waals surface area contributed by atoms with E-state index < -0.39 is 11.7 Å². The summed E-state index contributed by atoms with van der Waals surface area (Å²) in [6.45, 7) is 2.31. The molecular formula is C20H25F3N2O3. The second kappa shape index (κ2) is 8.43. The molecule has 1 aromatic carbocycles. The van der Waals surface area contributed by atoms with Gasteiger partial charge in [0.15, 0.2) is 0 Å². The monoisotopic (exact) mass is 398 g/mol. The highest BCUT2D eigenvalue weighted by atomic mass is 19.4. The minimum Gasteiger partial charge on any atom is -0.504 e. The van der Waals surface area contributed by atoms with E-state index in [1.807, 2.05) is 4.90 Å². The highest BCUT2D eigenvalue weighted by molar-refractivity contribution is 5.73. The number of nitrogens with zero attached hydrogens (tertiary/aromatic N) is 1. The molecule has 1 unspecified atom stereocenters. The van der Waals surface area contributed by atoms with Crippen LogP contribution in [-0.4, -0.2) is 46.4 Å². The fourth-order valence-electron chi connectivity index (χ4n) is 4.01. The summed E-state index contributed by atoms with van der Waals surface area (Å²) in [7, 11) is 2.92. The Kier molecular flexibility index (Phi) is 6.17. The van der Waals surface area contributed by atoms with Crippen LogP contribution >= 0.6 is 0 Å². The van der Waals surface area contributed by atoms with Crippen LogP contribution in [-0.2, 0) is 20.4 Å². The fraction of sp³-hybridized carbons (Fsp3) is 0.550. The van der Waals surface area contributed by atoms with Gasteiger partial charge in [0.25, 0.3) is 0 Å². The minimum absolute atomic E-state index is 0.0458. The lowest BCUT2D eigenvalue weighted by Gasteiger charge is -2.35. The zero-order chi connectivity index (χ0) is 20.3. The van der Waals surface area contributed by atoms with Gasteiger partial charge >= 0.3 is 12.1 Å². The zero-order valence-electron chi connectivity index (χ0n) is 16.0. The predicted octanol–water partition coefficient (Wildman–Crippen LogP) is 3.31. The lowest BCUT2D eigenvalue weighted by molar-refractivity contribution is -0.146. The number of anilines is 1. The molecule has 154 valence electrons. The largest absolute Gasteiger partial charge is 0.504 e. The number of hydrogen-bond donors (Lipinski definition) is 1. The maximum Gasteiger partial charge on any atom is 0.416 e. The van der Waals surface area contributed by atoms with Crippen molar-refractivity contribution in [1.29, 1.82) is 0 Å². The Morgan fingerprint density at radius 2 is 1.96 bits per heavy atom. The molecule has 0 spiro atoms. The Hall–Kier alpha value is -2.22. The average molecular weight is 398 g/mol. The molecule has 0 amide bonds. The molecule has 28 heavy (non-hydrogen) atoms. The number of halogens is 3. The van der Waals surface area contributed by atoms with E-state index in [0.717, 1.165) is 17.2 Å². The minimum atomic E-state index is -4.41. The maximum absolute atomic E-state index is 13.3. The molecule has 8 heteroatoms. The molecule has 5 nitrogen and oxygen atoms in total. The molecule has 0 aliphatic carbocycles. The predicted molar refractivity (Wildman–Crippen MR) is 99.1 cm³/mol. The number of rotatable bonds is 4. The summed E-state index contributed by atoms with van der Waals surface area (Å²) >= 11 is 0. The van der Waals surface area contributed by atoms with Gasteiger partial charge in [0, 0.05) is 37.8 Å². The molecule has 0 bridgehead atoms. The van der Waals surface area contributed by atoms with E-state index in [4.69, 9.17) is 9.47 Å². The number of piperidine rings is 1. The molecule has 0 aromatic heterocycles. The van der Waals surface area contributed by atoms with Crippen molar-refractivity contribution in [1.82, 2.24) is 5.32 Å². The molecular weight excluding hydrogens is 373 g/mol.